The van der Waals surface area contributed by atoms with Crippen molar-refractivity contribution in [1.82, 2.24) is 15.2 Å². The molecule has 1 unspecified atom stereocenters. The number of hydrogen-bond acceptors (Lipinski definition) is 5. The van der Waals surface area contributed by atoms with Crippen molar-refractivity contribution in [2.24, 2.45) is 0 Å². The standard InChI is InChI=1S/C14H24N4O2/c1-14(20,10-17(2)3)9-16-13(19)11-6-7-15-12(8-11)18(4)5/h6-8,20H,9-10H2,1-5H3,(H,16,19). The maximum Gasteiger partial charge on any atom is 0.251 e. The summed E-state index contributed by atoms with van der Waals surface area (Å²) in [7, 11) is 7.49. The monoisotopic (exact) mass is 280 g/mol. The molecule has 1 heterocycles. The number of anilines is 1. The molecule has 112 valence electrons. The van der Waals surface area contributed by atoms with Gasteiger partial charge in [-0.3, -0.25) is 4.79 Å². The van der Waals surface area contributed by atoms with E-state index in [-0.39, 0.29) is 12.5 Å². The molecule has 0 bridgehead atoms. The largest absolute Gasteiger partial charge is 0.387 e. The van der Waals surface area contributed by atoms with E-state index < -0.39 is 5.60 Å². The van der Waals surface area contributed by atoms with E-state index in [4.69, 9.17) is 0 Å². The van der Waals surface area contributed by atoms with E-state index in [1.807, 2.05) is 38.0 Å². The number of likely N-dealkylation sites (N-methyl/N-ethyl adjacent to an activating group) is 1. The number of aliphatic hydroxyl groups is 1. The van der Waals surface area contributed by atoms with Gasteiger partial charge in [-0.2, -0.15) is 0 Å². The number of hydrogen-bond donors (Lipinski definition) is 2. The average molecular weight is 280 g/mol. The fraction of sp³-hybridized carbons (Fsp3) is 0.571. The molecule has 1 aromatic heterocycles. The summed E-state index contributed by atoms with van der Waals surface area (Å²) in [5.41, 5.74) is -0.430. The first-order chi connectivity index (χ1) is 9.21. The third-order valence-electron chi connectivity index (χ3n) is 2.75. The van der Waals surface area contributed by atoms with Gasteiger partial charge in [-0.15, -0.1) is 0 Å². The van der Waals surface area contributed by atoms with Gasteiger partial charge in [0.25, 0.3) is 5.91 Å². The van der Waals surface area contributed by atoms with Crippen LogP contribution in [0.3, 0.4) is 0 Å². The zero-order valence-corrected chi connectivity index (χ0v) is 12.8. The highest BCUT2D eigenvalue weighted by Gasteiger charge is 2.22. The van der Waals surface area contributed by atoms with E-state index in [9.17, 15) is 9.90 Å². The zero-order chi connectivity index (χ0) is 15.3. The normalized spacial score (nSPS) is 13.9. The molecule has 1 atom stereocenters. The summed E-state index contributed by atoms with van der Waals surface area (Å²) in [5.74, 6) is 0.507. The molecule has 1 aromatic rings. The molecule has 0 aliphatic carbocycles. The second-order valence-corrected chi connectivity index (χ2v) is 5.71. The lowest BCUT2D eigenvalue weighted by molar-refractivity contribution is 0.0326. The first kappa shape index (κ1) is 16.4. The summed E-state index contributed by atoms with van der Waals surface area (Å²) >= 11 is 0. The van der Waals surface area contributed by atoms with Crippen molar-refractivity contribution in [1.29, 1.82) is 0 Å². The van der Waals surface area contributed by atoms with Gasteiger partial charge >= 0.3 is 0 Å². The summed E-state index contributed by atoms with van der Waals surface area (Å²) in [6.45, 7) is 2.38. The van der Waals surface area contributed by atoms with Crippen LogP contribution in [-0.2, 0) is 0 Å². The molecule has 1 amide bonds. The Morgan fingerprint density at radius 1 is 1.40 bits per heavy atom. The lowest BCUT2D eigenvalue weighted by atomic mass is 10.1. The molecule has 1 rings (SSSR count). The Morgan fingerprint density at radius 2 is 2.05 bits per heavy atom. The molecule has 20 heavy (non-hydrogen) atoms. The van der Waals surface area contributed by atoms with E-state index in [1.165, 1.54) is 0 Å². The zero-order valence-electron chi connectivity index (χ0n) is 12.8. The minimum Gasteiger partial charge on any atom is -0.387 e. The number of amides is 1. The fourth-order valence-corrected chi connectivity index (χ4v) is 1.91. The number of aromatic nitrogens is 1. The Labute approximate surface area is 120 Å². The van der Waals surface area contributed by atoms with Crippen LogP contribution >= 0.6 is 0 Å². The molecule has 6 heteroatoms. The minimum absolute atomic E-state index is 0.198. The van der Waals surface area contributed by atoms with Crippen molar-refractivity contribution < 1.29 is 9.90 Å². The van der Waals surface area contributed by atoms with Crippen LogP contribution in [0.2, 0.25) is 0 Å². The van der Waals surface area contributed by atoms with Crippen molar-refractivity contribution in [2.75, 3.05) is 46.2 Å². The van der Waals surface area contributed by atoms with E-state index in [1.54, 1.807) is 25.3 Å². The number of pyridine rings is 1. The Bertz CT molecular complexity index is 458. The van der Waals surface area contributed by atoms with Crippen LogP contribution in [0.1, 0.15) is 17.3 Å². The summed E-state index contributed by atoms with van der Waals surface area (Å²) in [6, 6.07) is 3.37. The molecule has 0 radical (unpaired) electrons. The highest BCUT2D eigenvalue weighted by Crippen LogP contribution is 2.10. The van der Waals surface area contributed by atoms with Crippen LogP contribution in [0.25, 0.3) is 0 Å². The minimum atomic E-state index is -0.962. The first-order valence-corrected chi connectivity index (χ1v) is 6.50. The molecule has 0 aromatic carbocycles. The fourth-order valence-electron chi connectivity index (χ4n) is 1.91. The SMILES string of the molecule is CN(C)CC(C)(O)CNC(=O)c1ccnc(N(C)C)c1. The van der Waals surface area contributed by atoms with Crippen LogP contribution < -0.4 is 10.2 Å². The molecular formula is C14H24N4O2. The number of nitrogens with zero attached hydrogens (tertiary/aromatic N) is 3. The predicted molar refractivity (Wildman–Crippen MR) is 80.1 cm³/mol. The number of carbonyl (C=O) groups excluding carboxylic acids is 1. The van der Waals surface area contributed by atoms with E-state index in [2.05, 4.69) is 10.3 Å². The topological polar surface area (TPSA) is 68.7 Å². The smallest absolute Gasteiger partial charge is 0.251 e. The van der Waals surface area contributed by atoms with E-state index >= 15 is 0 Å². The summed E-state index contributed by atoms with van der Waals surface area (Å²) in [5, 5.41) is 12.9. The highest BCUT2D eigenvalue weighted by molar-refractivity contribution is 5.94. The predicted octanol–water partition coefficient (Wildman–Crippen LogP) is 0.190. The summed E-state index contributed by atoms with van der Waals surface area (Å²) in [6.07, 6.45) is 1.60. The summed E-state index contributed by atoms with van der Waals surface area (Å²) in [4.78, 5) is 19.9. The quantitative estimate of drug-likeness (QED) is 0.778. The molecule has 0 spiro atoms. The molecule has 0 aliphatic rings. The maximum absolute atomic E-state index is 12.1. The third kappa shape index (κ3) is 5.14. The van der Waals surface area contributed by atoms with Gasteiger partial charge in [0.05, 0.1) is 5.60 Å². The van der Waals surface area contributed by atoms with Crippen LogP contribution in [-0.4, -0.2) is 67.8 Å². The number of rotatable bonds is 6. The van der Waals surface area contributed by atoms with Crippen molar-refractivity contribution >= 4 is 11.7 Å². The summed E-state index contributed by atoms with van der Waals surface area (Å²) < 4.78 is 0. The van der Waals surface area contributed by atoms with Gasteiger partial charge < -0.3 is 20.2 Å². The van der Waals surface area contributed by atoms with Gasteiger partial charge in [0.15, 0.2) is 0 Å². The van der Waals surface area contributed by atoms with Crippen molar-refractivity contribution in [3.63, 3.8) is 0 Å². The number of nitrogens with one attached hydrogen (secondary N) is 1. The van der Waals surface area contributed by atoms with Gasteiger partial charge in [-0.1, -0.05) is 0 Å². The third-order valence-corrected chi connectivity index (χ3v) is 2.75. The van der Waals surface area contributed by atoms with Gasteiger partial charge in [-0.25, -0.2) is 4.98 Å². The molecule has 0 saturated carbocycles. The molecule has 6 nitrogen and oxygen atoms in total. The molecule has 0 fully saturated rings. The Morgan fingerprint density at radius 3 is 2.60 bits per heavy atom. The number of carbonyl (C=O) groups is 1. The lowest BCUT2D eigenvalue weighted by Gasteiger charge is -2.27. The van der Waals surface area contributed by atoms with Crippen molar-refractivity contribution in [3.05, 3.63) is 23.9 Å². The highest BCUT2D eigenvalue weighted by atomic mass is 16.3. The van der Waals surface area contributed by atoms with Gasteiger partial charge in [0.2, 0.25) is 0 Å². The van der Waals surface area contributed by atoms with Gasteiger partial charge in [-0.05, 0) is 33.2 Å². The average Bonchev–Trinajstić information content (AvgIpc) is 2.34. The first-order valence-electron chi connectivity index (χ1n) is 6.50. The van der Waals surface area contributed by atoms with Crippen LogP contribution in [0.5, 0.6) is 0 Å². The Hall–Kier alpha value is -1.66. The van der Waals surface area contributed by atoms with Gasteiger partial charge in [0, 0.05) is 38.9 Å². The maximum atomic E-state index is 12.1. The lowest BCUT2D eigenvalue weighted by Crippen LogP contribution is -2.47. The van der Waals surface area contributed by atoms with Crippen LogP contribution in [0.15, 0.2) is 18.3 Å². The Balaban J connectivity index is 2.65. The second-order valence-electron chi connectivity index (χ2n) is 5.71. The second kappa shape index (κ2) is 6.67. The molecule has 0 aliphatic heterocycles. The molecule has 2 N–H and O–H groups in total. The van der Waals surface area contributed by atoms with Crippen molar-refractivity contribution in [3.8, 4) is 0 Å². The molecule has 0 saturated heterocycles. The van der Waals surface area contributed by atoms with E-state index in [0.29, 0.717) is 12.1 Å². The van der Waals surface area contributed by atoms with Crippen LogP contribution in [0, 0.1) is 0 Å². The molecular weight excluding hydrogens is 256 g/mol. The Kier molecular flexibility index (Phi) is 5.47. The van der Waals surface area contributed by atoms with Crippen molar-refractivity contribution in [2.45, 2.75) is 12.5 Å². The van der Waals surface area contributed by atoms with Gasteiger partial charge in [0.1, 0.15) is 5.82 Å². The van der Waals surface area contributed by atoms with Crippen LogP contribution in [0.4, 0.5) is 5.82 Å². The van der Waals surface area contributed by atoms with E-state index in [0.717, 1.165) is 5.82 Å².